The van der Waals surface area contributed by atoms with Crippen molar-refractivity contribution >= 4 is 34.5 Å². The Kier molecular flexibility index (Phi) is 4.59. The van der Waals surface area contributed by atoms with E-state index in [0.29, 0.717) is 5.56 Å². The third-order valence-corrected chi connectivity index (χ3v) is 4.77. The maximum absolute atomic E-state index is 12.8. The van der Waals surface area contributed by atoms with E-state index in [2.05, 4.69) is 5.32 Å². The van der Waals surface area contributed by atoms with Crippen molar-refractivity contribution in [2.24, 2.45) is 0 Å². The molecule has 0 aliphatic heterocycles. The van der Waals surface area contributed by atoms with Crippen LogP contribution >= 0.6 is 0 Å². The van der Waals surface area contributed by atoms with Gasteiger partial charge in [0.05, 0.1) is 21.5 Å². The van der Waals surface area contributed by atoms with Crippen molar-refractivity contribution in [2.45, 2.75) is 0 Å². The summed E-state index contributed by atoms with van der Waals surface area (Å²) in [6.45, 7) is 0. The Morgan fingerprint density at radius 1 is 0.710 bits per heavy atom. The molecule has 0 saturated carbocycles. The standard InChI is InChI=1S/C21H11N3O7/c25-19-15-3-1-2-4-16(15)20(26)18-9-12(5-6-17(18)19)22-21(27)11-7-13(23(28)29)10-14(8-11)24(30)31/h1-10H,(H,22,27). The molecule has 1 N–H and O–H groups in total. The molecule has 4 rings (SSSR count). The summed E-state index contributed by atoms with van der Waals surface area (Å²) in [7, 11) is 0. The second kappa shape index (κ2) is 7.26. The molecule has 0 heterocycles. The number of nitro benzene ring substituents is 2. The fraction of sp³-hybridized carbons (Fsp3) is 0. The number of rotatable bonds is 4. The summed E-state index contributed by atoms with van der Waals surface area (Å²) in [6.07, 6.45) is 0. The highest BCUT2D eigenvalue weighted by Crippen LogP contribution is 2.29. The first-order chi connectivity index (χ1) is 14.8. The number of hydrogen-bond donors (Lipinski definition) is 1. The summed E-state index contributed by atoms with van der Waals surface area (Å²) >= 11 is 0. The number of amides is 1. The SMILES string of the molecule is O=C(Nc1ccc2c(c1)C(=O)c1ccccc1C2=O)c1cc([N+](=O)[O-])cc([N+](=O)[O-])c1. The summed E-state index contributed by atoms with van der Waals surface area (Å²) in [5, 5.41) is 24.5. The van der Waals surface area contributed by atoms with Crippen LogP contribution in [0.4, 0.5) is 17.1 Å². The highest BCUT2D eigenvalue weighted by molar-refractivity contribution is 6.28. The summed E-state index contributed by atoms with van der Waals surface area (Å²) < 4.78 is 0. The topological polar surface area (TPSA) is 150 Å². The van der Waals surface area contributed by atoms with Gasteiger partial charge in [0.1, 0.15) is 0 Å². The molecule has 152 valence electrons. The number of non-ortho nitro benzene ring substituents is 2. The fourth-order valence-electron chi connectivity index (χ4n) is 3.32. The Hall–Kier alpha value is -4.73. The highest BCUT2D eigenvalue weighted by atomic mass is 16.6. The smallest absolute Gasteiger partial charge is 0.277 e. The number of anilines is 1. The summed E-state index contributed by atoms with van der Waals surface area (Å²) in [4.78, 5) is 58.3. The van der Waals surface area contributed by atoms with Crippen LogP contribution in [0.3, 0.4) is 0 Å². The quantitative estimate of drug-likeness (QED) is 0.394. The molecule has 1 aliphatic carbocycles. The first kappa shape index (κ1) is 19.6. The number of nitro groups is 2. The molecule has 0 atom stereocenters. The summed E-state index contributed by atoms with van der Waals surface area (Å²) in [6, 6.07) is 13.1. The minimum atomic E-state index is -0.846. The molecule has 3 aromatic rings. The van der Waals surface area contributed by atoms with Crippen molar-refractivity contribution in [2.75, 3.05) is 5.32 Å². The van der Waals surface area contributed by atoms with Gasteiger partial charge in [-0.1, -0.05) is 24.3 Å². The van der Waals surface area contributed by atoms with E-state index < -0.39 is 27.1 Å². The Morgan fingerprint density at radius 3 is 1.77 bits per heavy atom. The fourth-order valence-corrected chi connectivity index (χ4v) is 3.32. The maximum atomic E-state index is 12.8. The van der Waals surface area contributed by atoms with E-state index in [0.717, 1.165) is 18.2 Å². The number of benzene rings is 3. The Bertz CT molecular complexity index is 1300. The zero-order valence-corrected chi connectivity index (χ0v) is 15.5. The predicted molar refractivity (Wildman–Crippen MR) is 107 cm³/mol. The normalized spacial score (nSPS) is 12.0. The lowest BCUT2D eigenvalue weighted by molar-refractivity contribution is -0.394. The minimum Gasteiger partial charge on any atom is -0.322 e. The van der Waals surface area contributed by atoms with Gasteiger partial charge in [0.15, 0.2) is 11.6 Å². The molecule has 1 aliphatic rings. The van der Waals surface area contributed by atoms with Gasteiger partial charge in [-0.15, -0.1) is 0 Å². The van der Waals surface area contributed by atoms with Crippen LogP contribution in [-0.2, 0) is 0 Å². The van der Waals surface area contributed by atoms with E-state index in [4.69, 9.17) is 0 Å². The average molecular weight is 417 g/mol. The second-order valence-electron chi connectivity index (χ2n) is 6.67. The van der Waals surface area contributed by atoms with Gasteiger partial charge >= 0.3 is 0 Å². The van der Waals surface area contributed by atoms with Gasteiger partial charge < -0.3 is 5.32 Å². The van der Waals surface area contributed by atoms with Crippen LogP contribution in [-0.4, -0.2) is 27.3 Å². The summed E-state index contributed by atoms with van der Waals surface area (Å²) in [5.41, 5.74) is -0.535. The number of fused-ring (bicyclic) bond motifs is 2. The van der Waals surface area contributed by atoms with Crippen molar-refractivity contribution in [1.82, 2.24) is 0 Å². The van der Waals surface area contributed by atoms with E-state index in [1.54, 1.807) is 18.2 Å². The molecule has 0 fully saturated rings. The molecule has 0 aromatic heterocycles. The van der Waals surface area contributed by atoms with Gasteiger partial charge in [0.25, 0.3) is 17.3 Å². The van der Waals surface area contributed by atoms with E-state index in [9.17, 15) is 34.6 Å². The Labute approximate surface area is 173 Å². The van der Waals surface area contributed by atoms with Crippen LogP contribution in [0.2, 0.25) is 0 Å². The van der Waals surface area contributed by atoms with Crippen molar-refractivity contribution in [3.05, 3.63) is 109 Å². The van der Waals surface area contributed by atoms with Crippen LogP contribution in [0, 0.1) is 20.2 Å². The van der Waals surface area contributed by atoms with Crippen LogP contribution in [0.15, 0.2) is 60.7 Å². The molecule has 1 amide bonds. The maximum Gasteiger partial charge on any atom is 0.277 e. The lowest BCUT2D eigenvalue weighted by Gasteiger charge is -2.18. The molecule has 3 aromatic carbocycles. The first-order valence-electron chi connectivity index (χ1n) is 8.84. The zero-order chi connectivity index (χ0) is 22.3. The lowest BCUT2D eigenvalue weighted by atomic mass is 9.84. The molecule has 0 spiro atoms. The van der Waals surface area contributed by atoms with Crippen molar-refractivity contribution in [3.63, 3.8) is 0 Å². The van der Waals surface area contributed by atoms with E-state index in [1.807, 2.05) is 0 Å². The van der Waals surface area contributed by atoms with Crippen LogP contribution in [0.25, 0.3) is 0 Å². The van der Waals surface area contributed by atoms with Gasteiger partial charge in [-0.05, 0) is 18.2 Å². The molecule has 10 nitrogen and oxygen atoms in total. The van der Waals surface area contributed by atoms with Crippen LogP contribution < -0.4 is 5.32 Å². The van der Waals surface area contributed by atoms with Gasteiger partial charge in [0.2, 0.25) is 0 Å². The largest absolute Gasteiger partial charge is 0.322 e. The van der Waals surface area contributed by atoms with Gasteiger partial charge in [-0.2, -0.15) is 0 Å². The van der Waals surface area contributed by atoms with E-state index >= 15 is 0 Å². The third kappa shape index (κ3) is 3.42. The number of nitrogens with zero attached hydrogens (tertiary/aromatic N) is 2. The molecule has 0 bridgehead atoms. The van der Waals surface area contributed by atoms with Crippen LogP contribution in [0.1, 0.15) is 42.2 Å². The van der Waals surface area contributed by atoms with Gasteiger partial charge in [-0.3, -0.25) is 34.6 Å². The lowest BCUT2D eigenvalue weighted by Crippen LogP contribution is -2.21. The van der Waals surface area contributed by atoms with Crippen molar-refractivity contribution in [1.29, 1.82) is 0 Å². The zero-order valence-electron chi connectivity index (χ0n) is 15.5. The molecule has 0 saturated heterocycles. The number of ketones is 2. The predicted octanol–water partition coefficient (Wildman–Crippen LogP) is 3.53. The van der Waals surface area contributed by atoms with E-state index in [-0.39, 0.29) is 39.5 Å². The van der Waals surface area contributed by atoms with Gasteiger partial charge in [0, 0.05) is 40.1 Å². The first-order valence-corrected chi connectivity index (χ1v) is 8.84. The number of nitrogens with one attached hydrogen (secondary N) is 1. The van der Waals surface area contributed by atoms with E-state index in [1.165, 1.54) is 24.3 Å². The molecular formula is C21H11N3O7. The highest BCUT2D eigenvalue weighted by Gasteiger charge is 2.29. The average Bonchev–Trinajstić information content (AvgIpc) is 2.77. The summed E-state index contributed by atoms with van der Waals surface area (Å²) in [5.74, 6) is -1.55. The molecule has 31 heavy (non-hydrogen) atoms. The molecular weight excluding hydrogens is 406 g/mol. The Balaban J connectivity index is 1.68. The number of carbonyl (C=O) groups is 3. The molecule has 0 radical (unpaired) electrons. The van der Waals surface area contributed by atoms with Gasteiger partial charge in [-0.25, -0.2) is 0 Å². The minimum absolute atomic E-state index is 0.103. The van der Waals surface area contributed by atoms with Crippen LogP contribution in [0.5, 0.6) is 0 Å². The Morgan fingerprint density at radius 2 is 1.23 bits per heavy atom. The second-order valence-corrected chi connectivity index (χ2v) is 6.67. The third-order valence-electron chi connectivity index (χ3n) is 4.77. The van der Waals surface area contributed by atoms with Crippen molar-refractivity contribution in [3.8, 4) is 0 Å². The number of carbonyl (C=O) groups excluding carboxylic acids is 3. The monoisotopic (exact) mass is 417 g/mol. The van der Waals surface area contributed by atoms with Crippen molar-refractivity contribution < 1.29 is 24.2 Å². The molecule has 0 unspecified atom stereocenters. The molecule has 10 heteroatoms. The number of hydrogen-bond acceptors (Lipinski definition) is 7.